The highest BCUT2D eigenvalue weighted by atomic mass is 19.2. The van der Waals surface area contributed by atoms with Gasteiger partial charge in [-0.25, -0.2) is 13.2 Å². The average Bonchev–Trinajstić information content (AvgIpc) is 2.43. The average molecular weight is 274 g/mol. The summed E-state index contributed by atoms with van der Waals surface area (Å²) in [6, 6.07) is 10.6. The fourth-order valence-electron chi connectivity index (χ4n) is 2.00. The van der Waals surface area contributed by atoms with Crippen LogP contribution in [-0.4, -0.2) is 0 Å². The van der Waals surface area contributed by atoms with E-state index in [4.69, 9.17) is 0 Å². The van der Waals surface area contributed by atoms with Gasteiger partial charge in [0.2, 0.25) is 0 Å². The van der Waals surface area contributed by atoms with Crippen LogP contribution in [0.5, 0.6) is 0 Å². The van der Waals surface area contributed by atoms with E-state index in [1.165, 1.54) is 6.07 Å². The van der Waals surface area contributed by atoms with Crippen molar-refractivity contribution in [3.05, 3.63) is 78.1 Å². The van der Waals surface area contributed by atoms with Crippen LogP contribution in [0.15, 0.2) is 60.9 Å². The van der Waals surface area contributed by atoms with Crippen molar-refractivity contribution in [3.8, 4) is 11.1 Å². The molecule has 0 amide bonds. The van der Waals surface area contributed by atoms with Gasteiger partial charge in [0.15, 0.2) is 11.6 Å². The van der Waals surface area contributed by atoms with Crippen molar-refractivity contribution in [2.24, 2.45) is 0 Å². The third kappa shape index (κ3) is 2.82. The van der Waals surface area contributed by atoms with E-state index in [-0.39, 0.29) is 0 Å². The Bertz CT molecular complexity index is 667. The van der Waals surface area contributed by atoms with E-state index in [1.807, 2.05) is 0 Å². The van der Waals surface area contributed by atoms with Crippen molar-refractivity contribution in [2.45, 2.75) is 6.92 Å². The number of benzene rings is 2. The molecule has 0 saturated heterocycles. The zero-order chi connectivity index (χ0) is 14.7. The molecule has 20 heavy (non-hydrogen) atoms. The van der Waals surface area contributed by atoms with Crippen molar-refractivity contribution in [3.63, 3.8) is 0 Å². The minimum atomic E-state index is -0.891. The first-order chi connectivity index (χ1) is 9.52. The summed E-state index contributed by atoms with van der Waals surface area (Å²) >= 11 is 0. The molecule has 0 spiro atoms. The molecular formula is C17H13F3. The van der Waals surface area contributed by atoms with Crippen LogP contribution in [0.25, 0.3) is 16.7 Å². The van der Waals surface area contributed by atoms with E-state index in [9.17, 15) is 13.2 Å². The fourth-order valence-corrected chi connectivity index (χ4v) is 2.00. The van der Waals surface area contributed by atoms with Crippen molar-refractivity contribution < 1.29 is 13.2 Å². The maximum absolute atomic E-state index is 13.2. The predicted molar refractivity (Wildman–Crippen MR) is 75.7 cm³/mol. The Morgan fingerprint density at radius 2 is 1.55 bits per heavy atom. The van der Waals surface area contributed by atoms with Crippen LogP contribution in [-0.2, 0) is 0 Å². The van der Waals surface area contributed by atoms with Gasteiger partial charge in [0.05, 0.1) is 0 Å². The number of halogens is 3. The van der Waals surface area contributed by atoms with Crippen LogP contribution in [0.3, 0.4) is 0 Å². The van der Waals surface area contributed by atoms with E-state index in [0.717, 1.165) is 17.7 Å². The van der Waals surface area contributed by atoms with Crippen molar-refractivity contribution >= 4 is 5.57 Å². The summed E-state index contributed by atoms with van der Waals surface area (Å²) in [5.74, 6) is -2.28. The molecule has 2 aromatic carbocycles. The third-order valence-corrected chi connectivity index (χ3v) is 3.03. The third-order valence-electron chi connectivity index (χ3n) is 3.03. The Labute approximate surface area is 115 Å². The lowest BCUT2D eigenvalue weighted by atomic mass is 10.00. The predicted octanol–water partition coefficient (Wildman–Crippen LogP) is 5.52. The molecule has 0 radical (unpaired) electrons. The molecule has 3 heteroatoms. The highest BCUT2D eigenvalue weighted by Gasteiger charge is 2.07. The molecule has 0 nitrogen and oxygen atoms in total. The van der Waals surface area contributed by atoms with Crippen molar-refractivity contribution in [2.75, 3.05) is 0 Å². The minimum absolute atomic E-state index is 0.418. The molecule has 0 aromatic heterocycles. The van der Waals surface area contributed by atoms with Crippen molar-refractivity contribution in [1.82, 2.24) is 0 Å². The van der Waals surface area contributed by atoms with Crippen LogP contribution in [0.1, 0.15) is 12.5 Å². The second kappa shape index (κ2) is 5.78. The molecule has 102 valence electrons. The fraction of sp³-hybridized carbons (Fsp3) is 0.0588. The molecule has 0 aliphatic rings. The molecule has 0 N–H and O–H groups in total. The van der Waals surface area contributed by atoms with Gasteiger partial charge >= 0.3 is 0 Å². The van der Waals surface area contributed by atoms with E-state index in [0.29, 0.717) is 16.7 Å². The lowest BCUT2D eigenvalue weighted by Gasteiger charge is -2.07. The second-order valence-electron chi connectivity index (χ2n) is 4.31. The number of allylic oxidation sites excluding steroid dienone is 3. The highest BCUT2D eigenvalue weighted by molar-refractivity contribution is 5.77. The lowest BCUT2D eigenvalue weighted by Crippen LogP contribution is -1.87. The van der Waals surface area contributed by atoms with Gasteiger partial charge in [0.1, 0.15) is 5.83 Å². The smallest absolute Gasteiger partial charge is 0.159 e. The largest absolute Gasteiger partial charge is 0.207 e. The van der Waals surface area contributed by atoms with Gasteiger partial charge in [-0.05, 0) is 35.7 Å². The Kier molecular flexibility index (Phi) is 4.08. The van der Waals surface area contributed by atoms with Crippen molar-refractivity contribution in [1.29, 1.82) is 0 Å². The maximum atomic E-state index is 13.2. The van der Waals surface area contributed by atoms with Crippen LogP contribution in [0.2, 0.25) is 0 Å². The standard InChI is InChI=1S/C17H13F3/c1-3-15(11(2)18)13-6-4-12(5-7-13)14-8-9-16(19)17(20)10-14/h3-10H,2H2,1H3/b15-3+. The number of hydrogen-bond donors (Lipinski definition) is 0. The molecule has 0 heterocycles. The highest BCUT2D eigenvalue weighted by Crippen LogP contribution is 2.27. The molecule has 0 atom stereocenters. The first kappa shape index (κ1) is 14.1. The number of rotatable bonds is 3. The summed E-state index contributed by atoms with van der Waals surface area (Å²) in [5.41, 5.74) is 2.40. The molecule has 2 aromatic rings. The van der Waals surface area contributed by atoms with E-state index in [1.54, 1.807) is 37.3 Å². The quantitative estimate of drug-likeness (QED) is 0.646. The second-order valence-corrected chi connectivity index (χ2v) is 4.31. The molecule has 0 fully saturated rings. The van der Waals surface area contributed by atoms with Gasteiger partial charge in [0, 0.05) is 5.57 Å². The molecule has 0 aliphatic heterocycles. The lowest BCUT2D eigenvalue weighted by molar-refractivity contribution is 0.509. The Balaban J connectivity index is 2.37. The minimum Gasteiger partial charge on any atom is -0.207 e. The summed E-state index contributed by atoms with van der Waals surface area (Å²) in [4.78, 5) is 0. The topological polar surface area (TPSA) is 0 Å². The van der Waals surface area contributed by atoms with Gasteiger partial charge in [-0.1, -0.05) is 43.0 Å². The van der Waals surface area contributed by atoms with E-state index >= 15 is 0 Å². The molecule has 0 bridgehead atoms. The Morgan fingerprint density at radius 1 is 0.950 bits per heavy atom. The van der Waals surface area contributed by atoms with Gasteiger partial charge in [-0.2, -0.15) is 0 Å². The van der Waals surface area contributed by atoms with Gasteiger partial charge in [-0.15, -0.1) is 0 Å². The summed E-state index contributed by atoms with van der Waals surface area (Å²) in [7, 11) is 0. The Hall–Kier alpha value is -2.29. The normalized spacial score (nSPS) is 11.5. The Morgan fingerprint density at radius 3 is 2.05 bits per heavy atom. The SMILES string of the molecule is C=C(F)/C(=C\C)c1ccc(-c2ccc(F)c(F)c2)cc1. The summed E-state index contributed by atoms with van der Waals surface area (Å²) in [6.07, 6.45) is 1.63. The molecule has 0 saturated carbocycles. The van der Waals surface area contributed by atoms with E-state index in [2.05, 4.69) is 6.58 Å². The summed E-state index contributed by atoms with van der Waals surface area (Å²) < 4.78 is 39.3. The maximum Gasteiger partial charge on any atom is 0.159 e. The monoisotopic (exact) mass is 274 g/mol. The van der Waals surface area contributed by atoms with Gasteiger partial charge in [-0.3, -0.25) is 0 Å². The zero-order valence-electron chi connectivity index (χ0n) is 11.0. The van der Waals surface area contributed by atoms with Gasteiger partial charge in [0.25, 0.3) is 0 Å². The first-order valence-electron chi connectivity index (χ1n) is 6.10. The molecule has 0 aliphatic carbocycles. The molecule has 2 rings (SSSR count). The molecule has 0 unspecified atom stereocenters. The van der Waals surface area contributed by atoms with Gasteiger partial charge < -0.3 is 0 Å². The number of hydrogen-bond acceptors (Lipinski definition) is 0. The summed E-state index contributed by atoms with van der Waals surface area (Å²) in [5, 5.41) is 0. The molecular weight excluding hydrogens is 261 g/mol. The van der Waals surface area contributed by atoms with Crippen LogP contribution in [0.4, 0.5) is 13.2 Å². The first-order valence-corrected chi connectivity index (χ1v) is 6.10. The van der Waals surface area contributed by atoms with Crippen LogP contribution < -0.4 is 0 Å². The van der Waals surface area contributed by atoms with E-state index < -0.39 is 17.5 Å². The summed E-state index contributed by atoms with van der Waals surface area (Å²) in [6.45, 7) is 5.00. The van der Waals surface area contributed by atoms with Crippen LogP contribution >= 0.6 is 0 Å². The zero-order valence-corrected chi connectivity index (χ0v) is 11.0. The van der Waals surface area contributed by atoms with Crippen LogP contribution in [0, 0.1) is 11.6 Å².